The van der Waals surface area contributed by atoms with E-state index in [1.54, 1.807) is 0 Å². The standard InChI is InChI=1S/C14H18N2O2/c17-14(18-10-11-4-2-1-3-5-11)16-9-12-6-7-15-8-13(12)16/h1-5,12-13,15H,6-10H2/t12-,13-/m1/s1. The molecule has 0 aromatic heterocycles. The average Bonchev–Trinajstić information content (AvgIpc) is 2.39. The lowest BCUT2D eigenvalue weighted by Crippen LogP contribution is -2.65. The molecule has 2 saturated heterocycles. The van der Waals surface area contributed by atoms with Crippen LogP contribution < -0.4 is 5.32 Å². The molecular weight excluding hydrogens is 228 g/mol. The van der Waals surface area contributed by atoms with Gasteiger partial charge in [0.05, 0.1) is 6.04 Å². The molecule has 0 aliphatic carbocycles. The number of fused-ring (bicyclic) bond motifs is 1. The first-order valence-corrected chi connectivity index (χ1v) is 6.52. The number of benzene rings is 1. The van der Waals surface area contributed by atoms with Gasteiger partial charge in [-0.1, -0.05) is 30.3 Å². The number of nitrogens with zero attached hydrogens (tertiary/aromatic N) is 1. The Kier molecular flexibility index (Phi) is 3.19. The van der Waals surface area contributed by atoms with Crippen molar-refractivity contribution in [3.63, 3.8) is 0 Å². The van der Waals surface area contributed by atoms with Gasteiger partial charge in [-0.15, -0.1) is 0 Å². The summed E-state index contributed by atoms with van der Waals surface area (Å²) < 4.78 is 5.34. The number of nitrogens with one attached hydrogen (secondary N) is 1. The molecule has 2 atom stereocenters. The van der Waals surface area contributed by atoms with E-state index in [1.807, 2.05) is 35.2 Å². The molecule has 96 valence electrons. The zero-order valence-corrected chi connectivity index (χ0v) is 10.3. The Morgan fingerprint density at radius 1 is 1.39 bits per heavy atom. The number of carbonyl (C=O) groups is 1. The maximum Gasteiger partial charge on any atom is 0.410 e. The zero-order valence-electron chi connectivity index (χ0n) is 10.3. The lowest BCUT2D eigenvalue weighted by molar-refractivity contribution is -0.00991. The SMILES string of the molecule is O=C(OCc1ccccc1)N1C[C@H]2CCNC[C@H]21. The Morgan fingerprint density at radius 2 is 2.22 bits per heavy atom. The van der Waals surface area contributed by atoms with Crippen molar-refractivity contribution in [2.75, 3.05) is 19.6 Å². The van der Waals surface area contributed by atoms with E-state index in [0.29, 0.717) is 18.6 Å². The van der Waals surface area contributed by atoms with Gasteiger partial charge in [-0.25, -0.2) is 4.79 Å². The van der Waals surface area contributed by atoms with E-state index in [1.165, 1.54) is 6.42 Å². The molecule has 0 unspecified atom stereocenters. The topological polar surface area (TPSA) is 41.6 Å². The molecule has 1 N–H and O–H groups in total. The van der Waals surface area contributed by atoms with Gasteiger partial charge in [0.25, 0.3) is 0 Å². The molecule has 0 spiro atoms. The second-order valence-electron chi connectivity index (χ2n) is 5.01. The predicted octanol–water partition coefficient (Wildman–Crippen LogP) is 1.62. The molecule has 1 aromatic carbocycles. The molecule has 2 aliphatic heterocycles. The summed E-state index contributed by atoms with van der Waals surface area (Å²) in [5.41, 5.74) is 1.03. The Balaban J connectivity index is 1.50. The fourth-order valence-corrected chi connectivity index (χ4v) is 2.74. The van der Waals surface area contributed by atoms with E-state index in [0.717, 1.165) is 25.2 Å². The van der Waals surface area contributed by atoms with Crippen LogP contribution in [0.1, 0.15) is 12.0 Å². The number of carbonyl (C=O) groups excluding carboxylic acids is 1. The van der Waals surface area contributed by atoms with Crippen molar-refractivity contribution in [1.29, 1.82) is 0 Å². The summed E-state index contributed by atoms with van der Waals surface area (Å²) in [5.74, 6) is 0.676. The first kappa shape index (κ1) is 11.5. The van der Waals surface area contributed by atoms with Gasteiger partial charge < -0.3 is 15.0 Å². The smallest absolute Gasteiger partial charge is 0.410 e. The molecule has 4 heteroatoms. The van der Waals surface area contributed by atoms with Gasteiger partial charge in [-0.3, -0.25) is 0 Å². The normalized spacial score (nSPS) is 26.1. The van der Waals surface area contributed by atoms with Crippen LogP contribution in [-0.4, -0.2) is 36.7 Å². The van der Waals surface area contributed by atoms with Crippen LogP contribution in [0.3, 0.4) is 0 Å². The molecule has 2 heterocycles. The molecule has 2 fully saturated rings. The number of hydrogen-bond acceptors (Lipinski definition) is 3. The van der Waals surface area contributed by atoms with Gasteiger partial charge in [0.1, 0.15) is 6.61 Å². The summed E-state index contributed by atoms with van der Waals surface area (Å²) in [6.07, 6.45) is 0.997. The molecule has 0 radical (unpaired) electrons. The summed E-state index contributed by atoms with van der Waals surface area (Å²) in [6, 6.07) is 10.1. The molecule has 18 heavy (non-hydrogen) atoms. The maximum atomic E-state index is 11.9. The molecule has 1 amide bonds. The van der Waals surface area contributed by atoms with Crippen LogP contribution in [0.5, 0.6) is 0 Å². The second kappa shape index (κ2) is 4.98. The van der Waals surface area contributed by atoms with E-state index < -0.39 is 0 Å². The summed E-state index contributed by atoms with van der Waals surface area (Å²) >= 11 is 0. The van der Waals surface area contributed by atoms with Crippen molar-refractivity contribution in [3.8, 4) is 0 Å². The van der Waals surface area contributed by atoms with Crippen LogP contribution >= 0.6 is 0 Å². The summed E-state index contributed by atoms with van der Waals surface area (Å²) in [7, 11) is 0. The number of likely N-dealkylation sites (tertiary alicyclic amines) is 1. The molecule has 0 bridgehead atoms. The molecule has 1 aromatic rings. The zero-order chi connectivity index (χ0) is 12.4. The number of ether oxygens (including phenoxy) is 1. The minimum absolute atomic E-state index is 0.177. The third-order valence-corrected chi connectivity index (χ3v) is 3.86. The van der Waals surface area contributed by atoms with E-state index in [9.17, 15) is 4.79 Å². The van der Waals surface area contributed by atoms with Crippen molar-refractivity contribution in [2.24, 2.45) is 5.92 Å². The van der Waals surface area contributed by atoms with Gasteiger partial charge in [-0.05, 0) is 24.4 Å². The van der Waals surface area contributed by atoms with Crippen molar-refractivity contribution in [2.45, 2.75) is 19.1 Å². The number of rotatable bonds is 2. The van der Waals surface area contributed by atoms with Crippen molar-refractivity contribution in [1.82, 2.24) is 10.2 Å². The van der Waals surface area contributed by atoms with Crippen molar-refractivity contribution >= 4 is 6.09 Å². The van der Waals surface area contributed by atoms with E-state index >= 15 is 0 Å². The molecule has 2 aliphatic rings. The summed E-state index contributed by atoms with van der Waals surface area (Å²) in [5, 5.41) is 3.33. The van der Waals surface area contributed by atoms with Gasteiger partial charge >= 0.3 is 6.09 Å². The third kappa shape index (κ3) is 2.20. The Bertz CT molecular complexity index is 421. The van der Waals surface area contributed by atoms with Gasteiger partial charge in [0.15, 0.2) is 0 Å². The van der Waals surface area contributed by atoms with Crippen LogP contribution in [0, 0.1) is 5.92 Å². The highest BCUT2D eigenvalue weighted by Crippen LogP contribution is 2.30. The maximum absolute atomic E-state index is 11.9. The van der Waals surface area contributed by atoms with Crippen LogP contribution in [-0.2, 0) is 11.3 Å². The third-order valence-electron chi connectivity index (χ3n) is 3.86. The van der Waals surface area contributed by atoms with E-state index in [-0.39, 0.29) is 6.09 Å². The monoisotopic (exact) mass is 246 g/mol. The molecule has 4 nitrogen and oxygen atoms in total. The molecular formula is C14H18N2O2. The number of piperidine rings is 1. The Labute approximate surface area is 107 Å². The van der Waals surface area contributed by atoms with Gasteiger partial charge in [0.2, 0.25) is 0 Å². The fourth-order valence-electron chi connectivity index (χ4n) is 2.74. The molecule has 3 rings (SSSR count). The second-order valence-corrected chi connectivity index (χ2v) is 5.01. The fraction of sp³-hybridized carbons (Fsp3) is 0.500. The quantitative estimate of drug-likeness (QED) is 0.862. The Hall–Kier alpha value is -1.55. The van der Waals surface area contributed by atoms with Crippen LogP contribution in [0.15, 0.2) is 30.3 Å². The van der Waals surface area contributed by atoms with Crippen LogP contribution in [0.2, 0.25) is 0 Å². The number of hydrogen-bond donors (Lipinski definition) is 1. The lowest BCUT2D eigenvalue weighted by atomic mass is 9.84. The summed E-state index contributed by atoms with van der Waals surface area (Å²) in [6.45, 7) is 3.21. The van der Waals surface area contributed by atoms with Crippen LogP contribution in [0.4, 0.5) is 4.79 Å². The van der Waals surface area contributed by atoms with Gasteiger partial charge in [-0.2, -0.15) is 0 Å². The Morgan fingerprint density at radius 3 is 3.00 bits per heavy atom. The van der Waals surface area contributed by atoms with Crippen molar-refractivity contribution < 1.29 is 9.53 Å². The summed E-state index contributed by atoms with van der Waals surface area (Å²) in [4.78, 5) is 13.8. The van der Waals surface area contributed by atoms with E-state index in [2.05, 4.69) is 5.32 Å². The van der Waals surface area contributed by atoms with Crippen LogP contribution in [0.25, 0.3) is 0 Å². The highest BCUT2D eigenvalue weighted by atomic mass is 16.6. The first-order chi connectivity index (χ1) is 8.84. The number of amides is 1. The largest absolute Gasteiger partial charge is 0.445 e. The minimum atomic E-state index is -0.177. The predicted molar refractivity (Wildman–Crippen MR) is 68.1 cm³/mol. The average molecular weight is 246 g/mol. The minimum Gasteiger partial charge on any atom is -0.445 e. The van der Waals surface area contributed by atoms with Gasteiger partial charge in [0, 0.05) is 13.1 Å². The van der Waals surface area contributed by atoms with Crippen molar-refractivity contribution in [3.05, 3.63) is 35.9 Å². The molecule has 0 saturated carbocycles. The highest BCUT2D eigenvalue weighted by molar-refractivity contribution is 5.69. The lowest BCUT2D eigenvalue weighted by Gasteiger charge is -2.49. The highest BCUT2D eigenvalue weighted by Gasteiger charge is 2.43. The first-order valence-electron chi connectivity index (χ1n) is 6.52. The van der Waals surface area contributed by atoms with E-state index in [4.69, 9.17) is 4.74 Å².